The lowest BCUT2D eigenvalue weighted by molar-refractivity contribution is 0.0938. The smallest absolute Gasteiger partial charge is 0.187 e. The van der Waals surface area contributed by atoms with Crippen LogP contribution < -0.4 is 5.32 Å². The zero-order valence-electron chi connectivity index (χ0n) is 9.25. The highest BCUT2D eigenvalue weighted by molar-refractivity contribution is 5.29. The van der Waals surface area contributed by atoms with Crippen molar-refractivity contribution in [1.29, 1.82) is 0 Å². The number of ether oxygens (including phenoxy) is 1. The van der Waals surface area contributed by atoms with Crippen molar-refractivity contribution in [2.75, 3.05) is 26.4 Å². The number of phenolic OH excluding ortho intramolecular Hbond substituents is 1. The highest BCUT2D eigenvalue weighted by Gasteiger charge is 2.08. The first-order valence-corrected chi connectivity index (χ1v) is 5.21. The molecular formula is C11H15F2NO3. The van der Waals surface area contributed by atoms with Crippen molar-refractivity contribution in [3.8, 4) is 5.75 Å². The van der Waals surface area contributed by atoms with E-state index in [2.05, 4.69) is 5.32 Å². The Balaban J connectivity index is 2.32. The fourth-order valence-corrected chi connectivity index (χ4v) is 1.26. The molecule has 0 saturated heterocycles. The molecule has 1 aromatic rings. The van der Waals surface area contributed by atoms with E-state index in [0.29, 0.717) is 18.7 Å². The summed E-state index contributed by atoms with van der Waals surface area (Å²) in [5, 5.41) is 20.2. The fraction of sp³-hybridized carbons (Fsp3) is 0.455. The Morgan fingerprint density at radius 1 is 1.18 bits per heavy atom. The van der Waals surface area contributed by atoms with Gasteiger partial charge in [0.15, 0.2) is 17.4 Å². The van der Waals surface area contributed by atoms with Crippen molar-refractivity contribution in [3.63, 3.8) is 0 Å². The highest BCUT2D eigenvalue weighted by Crippen LogP contribution is 2.21. The molecule has 3 N–H and O–H groups in total. The normalized spacial score (nSPS) is 10.8. The first kappa shape index (κ1) is 13.8. The molecular weight excluding hydrogens is 232 g/mol. The first-order valence-electron chi connectivity index (χ1n) is 5.21. The lowest BCUT2D eigenvalue weighted by atomic mass is 10.2. The Morgan fingerprint density at radius 3 is 2.41 bits per heavy atom. The molecule has 0 fully saturated rings. The molecule has 0 aliphatic heterocycles. The monoisotopic (exact) mass is 247 g/mol. The Hall–Kier alpha value is -1.24. The third-order valence-electron chi connectivity index (χ3n) is 2.06. The third kappa shape index (κ3) is 4.64. The number of hydrogen-bond acceptors (Lipinski definition) is 4. The van der Waals surface area contributed by atoms with E-state index < -0.39 is 17.4 Å². The van der Waals surface area contributed by atoms with Crippen LogP contribution in [0.4, 0.5) is 8.78 Å². The highest BCUT2D eigenvalue weighted by atomic mass is 19.1. The van der Waals surface area contributed by atoms with Crippen molar-refractivity contribution in [1.82, 2.24) is 5.32 Å². The molecule has 1 rings (SSSR count). The van der Waals surface area contributed by atoms with Gasteiger partial charge in [0.2, 0.25) is 0 Å². The van der Waals surface area contributed by atoms with E-state index in [4.69, 9.17) is 14.9 Å². The van der Waals surface area contributed by atoms with Crippen molar-refractivity contribution < 1.29 is 23.7 Å². The van der Waals surface area contributed by atoms with Gasteiger partial charge in [0.1, 0.15) is 0 Å². The summed E-state index contributed by atoms with van der Waals surface area (Å²) in [5.41, 5.74) is 0.403. The fourth-order valence-electron chi connectivity index (χ4n) is 1.26. The molecule has 0 aliphatic rings. The SMILES string of the molecule is OCCOCCNCc1cc(F)c(O)c(F)c1. The maximum atomic E-state index is 12.9. The van der Waals surface area contributed by atoms with E-state index in [-0.39, 0.29) is 19.8 Å². The Morgan fingerprint density at radius 2 is 1.82 bits per heavy atom. The number of benzene rings is 1. The van der Waals surface area contributed by atoms with Gasteiger partial charge in [-0.15, -0.1) is 0 Å². The van der Waals surface area contributed by atoms with Gasteiger partial charge in [0.25, 0.3) is 0 Å². The molecule has 0 unspecified atom stereocenters. The minimum Gasteiger partial charge on any atom is -0.503 e. The molecule has 0 spiro atoms. The van der Waals surface area contributed by atoms with Crippen LogP contribution in [0.15, 0.2) is 12.1 Å². The van der Waals surface area contributed by atoms with Crippen molar-refractivity contribution in [2.24, 2.45) is 0 Å². The molecule has 0 atom stereocenters. The molecule has 0 radical (unpaired) electrons. The summed E-state index contributed by atoms with van der Waals surface area (Å²) in [5.74, 6) is -2.91. The number of phenols is 1. The summed E-state index contributed by atoms with van der Waals surface area (Å²) >= 11 is 0. The minimum absolute atomic E-state index is 0.0333. The minimum atomic E-state index is -0.974. The second kappa shape index (κ2) is 7.16. The van der Waals surface area contributed by atoms with Gasteiger partial charge in [-0.25, -0.2) is 8.78 Å². The summed E-state index contributed by atoms with van der Waals surface area (Å²) in [6, 6.07) is 2.14. The zero-order valence-corrected chi connectivity index (χ0v) is 9.25. The number of aromatic hydroxyl groups is 1. The van der Waals surface area contributed by atoms with Crippen molar-refractivity contribution in [2.45, 2.75) is 6.54 Å². The second-order valence-corrected chi connectivity index (χ2v) is 3.42. The summed E-state index contributed by atoms with van der Waals surface area (Å²) in [6.45, 7) is 1.42. The van der Waals surface area contributed by atoms with E-state index in [1.54, 1.807) is 0 Å². The van der Waals surface area contributed by atoms with Gasteiger partial charge >= 0.3 is 0 Å². The van der Waals surface area contributed by atoms with Crippen LogP contribution in [0.25, 0.3) is 0 Å². The Bertz CT molecular complexity index is 338. The lowest BCUT2D eigenvalue weighted by Gasteiger charge is -2.06. The summed E-state index contributed by atoms with van der Waals surface area (Å²) in [4.78, 5) is 0. The first-order chi connectivity index (χ1) is 8.15. The van der Waals surface area contributed by atoms with Crippen LogP contribution in [0, 0.1) is 11.6 Å². The van der Waals surface area contributed by atoms with Gasteiger partial charge in [-0.1, -0.05) is 0 Å². The molecule has 0 saturated carbocycles. The standard InChI is InChI=1S/C11H15F2NO3/c12-9-5-8(6-10(13)11(9)16)7-14-1-3-17-4-2-15/h5-6,14-16H,1-4,7H2. The van der Waals surface area contributed by atoms with Crippen LogP contribution in [0.5, 0.6) is 5.75 Å². The maximum Gasteiger partial charge on any atom is 0.187 e. The molecule has 0 amide bonds. The van der Waals surface area contributed by atoms with Crippen molar-refractivity contribution in [3.05, 3.63) is 29.3 Å². The third-order valence-corrected chi connectivity index (χ3v) is 2.06. The molecule has 17 heavy (non-hydrogen) atoms. The molecule has 0 bridgehead atoms. The number of rotatable bonds is 7. The van der Waals surface area contributed by atoms with Crippen LogP contribution in [0.3, 0.4) is 0 Å². The van der Waals surface area contributed by atoms with Gasteiger partial charge < -0.3 is 20.3 Å². The Kier molecular flexibility index (Phi) is 5.82. The predicted molar refractivity (Wildman–Crippen MR) is 57.6 cm³/mol. The van der Waals surface area contributed by atoms with Crippen LogP contribution >= 0.6 is 0 Å². The number of hydrogen-bond donors (Lipinski definition) is 3. The van der Waals surface area contributed by atoms with Crippen LogP contribution in [0.2, 0.25) is 0 Å². The molecule has 96 valence electrons. The Labute approximate surface area is 97.8 Å². The predicted octanol–water partition coefficient (Wildman–Crippen LogP) is 0.769. The number of aliphatic hydroxyl groups is 1. The van der Waals surface area contributed by atoms with E-state index in [0.717, 1.165) is 12.1 Å². The number of halogens is 2. The van der Waals surface area contributed by atoms with E-state index in [9.17, 15) is 8.78 Å². The molecule has 1 aromatic carbocycles. The maximum absolute atomic E-state index is 12.9. The average molecular weight is 247 g/mol. The topological polar surface area (TPSA) is 61.7 Å². The van der Waals surface area contributed by atoms with Gasteiger partial charge in [0, 0.05) is 13.1 Å². The van der Waals surface area contributed by atoms with Crippen LogP contribution in [-0.2, 0) is 11.3 Å². The molecule has 6 heteroatoms. The molecule has 0 aromatic heterocycles. The van der Waals surface area contributed by atoms with Crippen LogP contribution in [-0.4, -0.2) is 36.6 Å². The van der Waals surface area contributed by atoms with Gasteiger partial charge in [-0.05, 0) is 17.7 Å². The van der Waals surface area contributed by atoms with E-state index in [1.807, 2.05) is 0 Å². The quantitative estimate of drug-likeness (QED) is 0.623. The second-order valence-electron chi connectivity index (χ2n) is 3.42. The number of aliphatic hydroxyl groups excluding tert-OH is 1. The van der Waals surface area contributed by atoms with Gasteiger partial charge in [-0.3, -0.25) is 0 Å². The van der Waals surface area contributed by atoms with Gasteiger partial charge in [0.05, 0.1) is 19.8 Å². The van der Waals surface area contributed by atoms with Crippen LogP contribution in [0.1, 0.15) is 5.56 Å². The summed E-state index contributed by atoms with van der Waals surface area (Å²) in [6.07, 6.45) is 0. The van der Waals surface area contributed by atoms with E-state index in [1.165, 1.54) is 0 Å². The zero-order chi connectivity index (χ0) is 12.7. The van der Waals surface area contributed by atoms with E-state index >= 15 is 0 Å². The molecule has 0 aliphatic carbocycles. The van der Waals surface area contributed by atoms with Gasteiger partial charge in [-0.2, -0.15) is 0 Å². The summed E-state index contributed by atoms with van der Waals surface area (Å²) in [7, 11) is 0. The average Bonchev–Trinajstić information content (AvgIpc) is 2.30. The summed E-state index contributed by atoms with van der Waals surface area (Å²) < 4.78 is 30.9. The number of nitrogens with one attached hydrogen (secondary N) is 1. The largest absolute Gasteiger partial charge is 0.503 e. The lowest BCUT2D eigenvalue weighted by Crippen LogP contribution is -2.20. The molecule has 0 heterocycles. The van der Waals surface area contributed by atoms with Crippen molar-refractivity contribution >= 4 is 0 Å². The molecule has 4 nitrogen and oxygen atoms in total.